The maximum Gasteiger partial charge on any atom is 0.308 e. The summed E-state index contributed by atoms with van der Waals surface area (Å²) in [6.07, 6.45) is 0.870. The van der Waals surface area contributed by atoms with E-state index >= 15 is 0 Å². The Bertz CT molecular complexity index is 591. The van der Waals surface area contributed by atoms with Crippen molar-refractivity contribution in [2.75, 3.05) is 6.54 Å². The van der Waals surface area contributed by atoms with Crippen LogP contribution in [0.2, 0.25) is 0 Å². The molecule has 1 aromatic rings. The van der Waals surface area contributed by atoms with Crippen LogP contribution in [0.5, 0.6) is 0 Å². The van der Waals surface area contributed by atoms with Gasteiger partial charge in [-0.3, -0.25) is 9.59 Å². The van der Waals surface area contributed by atoms with Crippen molar-refractivity contribution in [1.82, 2.24) is 4.90 Å². The van der Waals surface area contributed by atoms with Gasteiger partial charge in [-0.25, -0.2) is 13.2 Å². The van der Waals surface area contributed by atoms with E-state index in [9.17, 15) is 22.8 Å². The molecule has 2 unspecified atom stereocenters. The SMILES string of the molecule is CC1CCC(C(=O)O)CN1C(=O)c1ccc(F)c(F)c1F. The summed E-state index contributed by atoms with van der Waals surface area (Å²) in [6.45, 7) is 1.63. The van der Waals surface area contributed by atoms with E-state index in [0.717, 1.165) is 6.07 Å². The number of nitrogens with zero attached hydrogens (tertiary/aromatic N) is 1. The molecule has 1 aliphatic heterocycles. The second kappa shape index (κ2) is 5.75. The maximum atomic E-state index is 13.7. The Morgan fingerprint density at radius 2 is 1.86 bits per heavy atom. The second-order valence-electron chi connectivity index (χ2n) is 5.14. The van der Waals surface area contributed by atoms with Gasteiger partial charge in [0.1, 0.15) is 0 Å². The Morgan fingerprint density at radius 1 is 1.19 bits per heavy atom. The number of benzene rings is 1. The van der Waals surface area contributed by atoms with Gasteiger partial charge in [0.25, 0.3) is 5.91 Å². The van der Waals surface area contributed by atoms with Crippen LogP contribution in [-0.2, 0) is 4.79 Å². The van der Waals surface area contributed by atoms with Crippen LogP contribution in [0, 0.1) is 23.4 Å². The summed E-state index contributed by atoms with van der Waals surface area (Å²) < 4.78 is 39.8. The fourth-order valence-electron chi connectivity index (χ4n) is 2.44. The normalized spacial score (nSPS) is 22.2. The zero-order valence-corrected chi connectivity index (χ0v) is 11.3. The molecule has 1 saturated heterocycles. The minimum atomic E-state index is -1.71. The van der Waals surface area contributed by atoms with Crippen LogP contribution >= 0.6 is 0 Å². The third kappa shape index (κ3) is 2.86. The fraction of sp³-hybridized carbons (Fsp3) is 0.429. The third-order valence-electron chi connectivity index (χ3n) is 3.76. The molecule has 1 aromatic carbocycles. The van der Waals surface area contributed by atoms with Crippen LogP contribution in [0.15, 0.2) is 12.1 Å². The molecule has 4 nitrogen and oxygen atoms in total. The number of carbonyl (C=O) groups is 2. The van der Waals surface area contributed by atoms with Crippen molar-refractivity contribution < 1.29 is 27.9 Å². The molecule has 0 aliphatic carbocycles. The van der Waals surface area contributed by atoms with Crippen molar-refractivity contribution in [1.29, 1.82) is 0 Å². The third-order valence-corrected chi connectivity index (χ3v) is 3.76. The van der Waals surface area contributed by atoms with E-state index in [2.05, 4.69) is 0 Å². The van der Waals surface area contributed by atoms with Crippen LogP contribution in [0.3, 0.4) is 0 Å². The molecule has 1 amide bonds. The first-order valence-corrected chi connectivity index (χ1v) is 6.50. The Kier molecular flexibility index (Phi) is 4.20. The van der Waals surface area contributed by atoms with Gasteiger partial charge in [0.15, 0.2) is 17.5 Å². The molecule has 21 heavy (non-hydrogen) atoms. The molecule has 2 rings (SSSR count). The molecule has 0 radical (unpaired) electrons. The zero-order valence-electron chi connectivity index (χ0n) is 11.3. The molecule has 0 spiro atoms. The summed E-state index contributed by atoms with van der Waals surface area (Å²) in [7, 11) is 0. The van der Waals surface area contributed by atoms with Crippen LogP contribution in [0.4, 0.5) is 13.2 Å². The van der Waals surface area contributed by atoms with E-state index < -0.39 is 40.8 Å². The van der Waals surface area contributed by atoms with Crippen LogP contribution in [-0.4, -0.2) is 34.5 Å². The predicted octanol–water partition coefficient (Wildman–Crippen LogP) is 2.43. The summed E-state index contributed by atoms with van der Waals surface area (Å²) in [5.74, 6) is -7.24. The van der Waals surface area contributed by atoms with Crippen LogP contribution < -0.4 is 0 Å². The number of carboxylic acid groups (broad SMARTS) is 1. The molecule has 2 atom stereocenters. The standard InChI is InChI=1S/C14H14F3NO3/c1-7-2-3-8(14(20)21)6-18(7)13(19)9-4-5-10(15)12(17)11(9)16/h4-5,7-8H,2-3,6H2,1H3,(H,20,21). The van der Waals surface area contributed by atoms with Gasteiger partial charge in [0.05, 0.1) is 11.5 Å². The first kappa shape index (κ1) is 15.3. The van der Waals surface area contributed by atoms with Crippen molar-refractivity contribution >= 4 is 11.9 Å². The molecule has 7 heteroatoms. The van der Waals surface area contributed by atoms with Crippen LogP contribution in [0.25, 0.3) is 0 Å². The van der Waals surface area contributed by atoms with Crippen molar-refractivity contribution in [2.45, 2.75) is 25.8 Å². The highest BCUT2D eigenvalue weighted by Gasteiger charge is 2.34. The number of hydrogen-bond donors (Lipinski definition) is 1. The number of aliphatic carboxylic acids is 1. The Labute approximate surface area is 119 Å². The van der Waals surface area contributed by atoms with Gasteiger partial charge in [-0.2, -0.15) is 0 Å². The second-order valence-corrected chi connectivity index (χ2v) is 5.14. The topological polar surface area (TPSA) is 57.6 Å². The highest BCUT2D eigenvalue weighted by atomic mass is 19.2. The maximum absolute atomic E-state index is 13.7. The first-order valence-electron chi connectivity index (χ1n) is 6.50. The lowest BCUT2D eigenvalue weighted by Crippen LogP contribution is -2.47. The molecule has 1 aliphatic rings. The van der Waals surface area contributed by atoms with E-state index in [0.29, 0.717) is 18.9 Å². The van der Waals surface area contributed by atoms with Crippen molar-refractivity contribution in [2.24, 2.45) is 5.92 Å². The minimum absolute atomic E-state index is 0.0756. The van der Waals surface area contributed by atoms with Crippen LogP contribution in [0.1, 0.15) is 30.1 Å². The largest absolute Gasteiger partial charge is 0.481 e. The molecular formula is C14H14F3NO3. The van der Waals surface area contributed by atoms with Gasteiger partial charge in [-0.05, 0) is 31.9 Å². The van der Waals surface area contributed by atoms with Gasteiger partial charge in [-0.1, -0.05) is 0 Å². The van der Waals surface area contributed by atoms with Crippen molar-refractivity contribution in [3.63, 3.8) is 0 Å². The molecule has 1 N–H and O–H groups in total. The summed E-state index contributed by atoms with van der Waals surface area (Å²) in [5, 5.41) is 9.01. The fourth-order valence-corrected chi connectivity index (χ4v) is 2.44. The van der Waals surface area contributed by atoms with Crippen molar-refractivity contribution in [3.05, 3.63) is 35.1 Å². The average Bonchev–Trinajstić information content (AvgIpc) is 2.44. The summed E-state index contributed by atoms with van der Waals surface area (Å²) >= 11 is 0. The molecule has 114 valence electrons. The van der Waals surface area contributed by atoms with Crippen molar-refractivity contribution in [3.8, 4) is 0 Å². The van der Waals surface area contributed by atoms with E-state index in [4.69, 9.17) is 5.11 Å². The minimum Gasteiger partial charge on any atom is -0.481 e. The summed E-state index contributed by atoms with van der Waals surface area (Å²) in [6, 6.07) is 1.25. The molecule has 0 bridgehead atoms. The van der Waals surface area contributed by atoms with E-state index in [1.54, 1.807) is 6.92 Å². The number of likely N-dealkylation sites (tertiary alicyclic amines) is 1. The number of piperidine rings is 1. The monoisotopic (exact) mass is 301 g/mol. The summed E-state index contributed by atoms with van der Waals surface area (Å²) in [5.41, 5.74) is -0.591. The predicted molar refractivity (Wildman–Crippen MR) is 67.2 cm³/mol. The molecular weight excluding hydrogens is 287 g/mol. The van der Waals surface area contributed by atoms with Gasteiger partial charge < -0.3 is 10.0 Å². The van der Waals surface area contributed by atoms with Gasteiger partial charge >= 0.3 is 5.97 Å². The highest BCUT2D eigenvalue weighted by molar-refractivity contribution is 5.95. The highest BCUT2D eigenvalue weighted by Crippen LogP contribution is 2.25. The number of carbonyl (C=O) groups excluding carboxylic acids is 1. The number of halogens is 3. The lowest BCUT2D eigenvalue weighted by atomic mass is 9.93. The number of rotatable bonds is 2. The Morgan fingerprint density at radius 3 is 2.48 bits per heavy atom. The lowest BCUT2D eigenvalue weighted by Gasteiger charge is -2.36. The quantitative estimate of drug-likeness (QED) is 0.854. The molecule has 1 fully saturated rings. The number of carboxylic acids is 1. The van der Waals surface area contributed by atoms with Gasteiger partial charge in [0.2, 0.25) is 0 Å². The van der Waals surface area contributed by atoms with Gasteiger partial charge in [-0.15, -0.1) is 0 Å². The molecule has 0 aromatic heterocycles. The Hall–Kier alpha value is -2.05. The average molecular weight is 301 g/mol. The summed E-state index contributed by atoms with van der Waals surface area (Å²) in [4.78, 5) is 24.5. The van der Waals surface area contributed by atoms with Gasteiger partial charge in [0, 0.05) is 12.6 Å². The van der Waals surface area contributed by atoms with E-state index in [1.165, 1.54) is 4.90 Å². The zero-order chi connectivity index (χ0) is 15.7. The smallest absolute Gasteiger partial charge is 0.308 e. The first-order chi connectivity index (χ1) is 9.82. The number of amides is 1. The molecule has 1 heterocycles. The lowest BCUT2D eigenvalue weighted by molar-refractivity contribution is -0.143. The molecule has 0 saturated carbocycles. The number of hydrogen-bond acceptors (Lipinski definition) is 2. The Balaban J connectivity index is 2.30. The van der Waals surface area contributed by atoms with E-state index in [1.807, 2.05) is 0 Å². The van der Waals surface area contributed by atoms with E-state index in [-0.39, 0.29) is 12.6 Å².